The van der Waals surface area contributed by atoms with E-state index in [9.17, 15) is 4.79 Å². The fourth-order valence-corrected chi connectivity index (χ4v) is 8.28. The molecular formula is C25H23NO2S2. The number of anilines is 1. The van der Waals surface area contributed by atoms with E-state index in [-0.39, 0.29) is 22.0 Å². The summed E-state index contributed by atoms with van der Waals surface area (Å²) >= 11 is 4.14. The van der Waals surface area contributed by atoms with Crippen LogP contribution in [0.4, 0.5) is 5.69 Å². The number of nitrogens with one attached hydrogen (secondary N) is 1. The van der Waals surface area contributed by atoms with Crippen molar-refractivity contribution in [1.29, 1.82) is 0 Å². The van der Waals surface area contributed by atoms with Gasteiger partial charge in [0.2, 0.25) is 0 Å². The van der Waals surface area contributed by atoms with Gasteiger partial charge in [-0.3, -0.25) is 0 Å². The van der Waals surface area contributed by atoms with Gasteiger partial charge < -0.3 is 10.1 Å². The van der Waals surface area contributed by atoms with Crippen LogP contribution in [0.2, 0.25) is 0 Å². The fraction of sp³-hybridized carbons (Fsp3) is 0.240. The van der Waals surface area contributed by atoms with Crippen molar-refractivity contribution < 1.29 is 9.53 Å². The highest BCUT2D eigenvalue weighted by atomic mass is 32.2. The maximum absolute atomic E-state index is 11.9. The van der Waals surface area contributed by atoms with Gasteiger partial charge in [-0.25, -0.2) is 4.79 Å². The van der Waals surface area contributed by atoms with Gasteiger partial charge in [-0.15, -0.1) is 23.5 Å². The molecule has 0 radical (unpaired) electrons. The highest BCUT2D eigenvalue weighted by molar-refractivity contribution is 8.20. The molecule has 0 saturated carbocycles. The van der Waals surface area contributed by atoms with Gasteiger partial charge in [0.25, 0.3) is 0 Å². The lowest BCUT2D eigenvalue weighted by Gasteiger charge is -2.47. The van der Waals surface area contributed by atoms with Crippen molar-refractivity contribution >= 4 is 35.2 Å². The summed E-state index contributed by atoms with van der Waals surface area (Å²) in [5.74, 6) is 2.25. The number of para-hydroxylation sites is 1. The third-order valence-corrected chi connectivity index (χ3v) is 9.51. The monoisotopic (exact) mass is 433 g/mol. The smallest absolute Gasteiger partial charge is 0.337 e. The van der Waals surface area contributed by atoms with Crippen LogP contribution in [0.5, 0.6) is 0 Å². The Bertz CT molecular complexity index is 1050. The number of methoxy groups -OCH3 is 1. The molecule has 2 aliphatic heterocycles. The molecule has 1 fully saturated rings. The summed E-state index contributed by atoms with van der Waals surface area (Å²) < 4.78 is 4.84. The lowest BCUT2D eigenvalue weighted by molar-refractivity contribution is 0.0600. The molecule has 30 heavy (non-hydrogen) atoms. The molecule has 0 bridgehead atoms. The van der Waals surface area contributed by atoms with Crippen molar-refractivity contribution in [3.63, 3.8) is 0 Å². The van der Waals surface area contributed by atoms with Gasteiger partial charge in [0.1, 0.15) is 0 Å². The Morgan fingerprint density at radius 2 is 1.57 bits per heavy atom. The van der Waals surface area contributed by atoms with E-state index in [1.54, 1.807) is 0 Å². The molecule has 1 spiro atoms. The molecule has 2 heterocycles. The maximum atomic E-state index is 11.9. The predicted octanol–water partition coefficient (Wildman–Crippen LogP) is 6.06. The molecule has 2 aliphatic rings. The summed E-state index contributed by atoms with van der Waals surface area (Å²) in [4.78, 5) is 11.9. The van der Waals surface area contributed by atoms with E-state index in [0.717, 1.165) is 11.5 Å². The second-order valence-electron chi connectivity index (χ2n) is 7.53. The second-order valence-corrected chi connectivity index (χ2v) is 10.5. The van der Waals surface area contributed by atoms with Crippen LogP contribution in [0.1, 0.15) is 39.0 Å². The maximum Gasteiger partial charge on any atom is 0.337 e. The first kappa shape index (κ1) is 19.6. The van der Waals surface area contributed by atoms with Gasteiger partial charge in [-0.2, -0.15) is 0 Å². The molecule has 5 rings (SSSR count). The quantitative estimate of drug-likeness (QED) is 0.509. The van der Waals surface area contributed by atoms with Gasteiger partial charge in [0.15, 0.2) is 0 Å². The number of carbonyl (C=O) groups is 1. The number of hydrogen-bond donors (Lipinski definition) is 1. The van der Waals surface area contributed by atoms with Crippen molar-refractivity contribution in [3.05, 3.63) is 101 Å². The van der Waals surface area contributed by atoms with Crippen LogP contribution < -0.4 is 5.32 Å². The van der Waals surface area contributed by atoms with Gasteiger partial charge in [0.05, 0.1) is 22.8 Å². The van der Waals surface area contributed by atoms with Crippen LogP contribution in [0.25, 0.3) is 0 Å². The van der Waals surface area contributed by atoms with Crippen molar-refractivity contribution in [3.8, 4) is 0 Å². The standard InChI is InChI=1S/C25H23NO2S2/c1-28-24(27)19-13-11-18(12-14-19)23-22(17-7-3-2-4-8-17)25(29-15-16-30-25)20-9-5-6-10-21(20)26-23/h2-14,22-23,26H,15-16H2,1H3. The minimum atomic E-state index is -0.304. The molecule has 152 valence electrons. The molecule has 5 heteroatoms. The fourth-order valence-electron chi connectivity index (χ4n) is 4.61. The van der Waals surface area contributed by atoms with Gasteiger partial charge in [0, 0.05) is 28.7 Å². The molecule has 3 aromatic rings. The molecule has 2 atom stereocenters. The zero-order chi connectivity index (χ0) is 20.6. The molecule has 1 N–H and O–H groups in total. The molecule has 3 nitrogen and oxygen atoms in total. The van der Waals surface area contributed by atoms with Crippen LogP contribution in [-0.4, -0.2) is 24.6 Å². The molecule has 2 unspecified atom stereocenters. The third kappa shape index (κ3) is 3.21. The summed E-state index contributed by atoms with van der Waals surface area (Å²) in [6, 6.07) is 27.5. The van der Waals surface area contributed by atoms with E-state index in [1.165, 1.54) is 29.5 Å². The number of esters is 1. The van der Waals surface area contributed by atoms with Gasteiger partial charge >= 0.3 is 5.97 Å². The normalized spacial score (nSPS) is 21.6. The molecule has 0 amide bonds. The highest BCUT2D eigenvalue weighted by Gasteiger charge is 2.52. The van der Waals surface area contributed by atoms with Crippen molar-refractivity contribution in [1.82, 2.24) is 0 Å². The van der Waals surface area contributed by atoms with E-state index in [1.807, 2.05) is 12.1 Å². The first-order valence-corrected chi connectivity index (χ1v) is 12.1. The Hall–Kier alpha value is -2.37. The van der Waals surface area contributed by atoms with Crippen LogP contribution >= 0.6 is 23.5 Å². The molecule has 3 aromatic carbocycles. The van der Waals surface area contributed by atoms with Crippen LogP contribution in [0.15, 0.2) is 78.9 Å². The van der Waals surface area contributed by atoms with Crippen LogP contribution in [0, 0.1) is 0 Å². The van der Waals surface area contributed by atoms with E-state index >= 15 is 0 Å². The minimum Gasteiger partial charge on any atom is -0.465 e. The van der Waals surface area contributed by atoms with Gasteiger partial charge in [-0.1, -0.05) is 60.7 Å². The van der Waals surface area contributed by atoms with Crippen molar-refractivity contribution in [2.45, 2.75) is 16.0 Å². The van der Waals surface area contributed by atoms with Crippen LogP contribution in [-0.2, 0) is 8.82 Å². The summed E-state index contributed by atoms with van der Waals surface area (Å²) in [6.45, 7) is 0. The second kappa shape index (κ2) is 8.05. The number of fused-ring (bicyclic) bond motifs is 2. The highest BCUT2D eigenvalue weighted by Crippen LogP contribution is 2.66. The Kier molecular flexibility index (Phi) is 5.25. The minimum absolute atomic E-state index is 0.0329. The number of benzene rings is 3. The van der Waals surface area contributed by atoms with Crippen molar-refractivity contribution in [2.75, 3.05) is 23.9 Å². The number of thioether (sulfide) groups is 2. The number of hydrogen-bond acceptors (Lipinski definition) is 5. The third-order valence-electron chi connectivity index (χ3n) is 5.92. The largest absolute Gasteiger partial charge is 0.465 e. The Morgan fingerprint density at radius 1 is 0.900 bits per heavy atom. The summed E-state index contributed by atoms with van der Waals surface area (Å²) in [7, 11) is 1.42. The molecule has 0 aliphatic carbocycles. The number of rotatable bonds is 3. The van der Waals surface area contributed by atoms with E-state index < -0.39 is 0 Å². The molecule has 1 saturated heterocycles. The number of ether oxygens (including phenoxy) is 1. The Morgan fingerprint density at radius 3 is 2.27 bits per heavy atom. The average molecular weight is 434 g/mol. The molecule has 0 aromatic heterocycles. The Labute approximate surface area is 185 Å². The number of carbonyl (C=O) groups excluding carboxylic acids is 1. The van der Waals surface area contributed by atoms with Crippen molar-refractivity contribution in [2.24, 2.45) is 0 Å². The zero-order valence-corrected chi connectivity index (χ0v) is 18.3. The lowest BCUT2D eigenvalue weighted by atomic mass is 9.78. The summed E-state index contributed by atoms with van der Waals surface area (Å²) in [5, 5.41) is 3.83. The zero-order valence-electron chi connectivity index (χ0n) is 16.7. The Balaban J connectivity index is 1.66. The SMILES string of the molecule is COC(=O)c1ccc(C2Nc3ccccc3C3(SCCS3)C2c2ccccc2)cc1. The molecular weight excluding hydrogens is 410 g/mol. The topological polar surface area (TPSA) is 38.3 Å². The van der Waals surface area contributed by atoms with Crippen LogP contribution in [0.3, 0.4) is 0 Å². The first-order valence-electron chi connectivity index (χ1n) is 10.1. The first-order chi connectivity index (χ1) is 14.7. The lowest BCUT2D eigenvalue weighted by Crippen LogP contribution is -2.38. The average Bonchev–Trinajstić information content (AvgIpc) is 3.29. The van der Waals surface area contributed by atoms with E-state index in [4.69, 9.17) is 4.74 Å². The summed E-state index contributed by atoms with van der Waals surface area (Å²) in [5.41, 5.74) is 5.68. The summed E-state index contributed by atoms with van der Waals surface area (Å²) in [6.07, 6.45) is 0. The predicted molar refractivity (Wildman–Crippen MR) is 126 cm³/mol. The van der Waals surface area contributed by atoms with E-state index in [2.05, 4.69) is 95.6 Å². The van der Waals surface area contributed by atoms with E-state index in [0.29, 0.717) is 5.56 Å². The van der Waals surface area contributed by atoms with Gasteiger partial charge in [-0.05, 0) is 29.3 Å².